The van der Waals surface area contributed by atoms with Crippen molar-refractivity contribution in [1.29, 1.82) is 0 Å². The average Bonchev–Trinajstić information content (AvgIpc) is 2.71. The molecule has 4 nitrogen and oxygen atoms in total. The molecule has 0 aliphatic heterocycles. The van der Waals surface area contributed by atoms with E-state index >= 15 is 0 Å². The molecule has 0 amide bonds. The molecule has 1 aromatic heterocycles. The molecule has 0 fully saturated rings. The first-order valence-corrected chi connectivity index (χ1v) is 7.94. The number of nitrogens with zero attached hydrogens (tertiary/aromatic N) is 2. The Kier molecular flexibility index (Phi) is 5.11. The number of benzene rings is 1. The Hall–Kier alpha value is -1.27. The number of aliphatic carboxylic acids is 1. The largest absolute Gasteiger partial charge is 0.481 e. The highest BCUT2D eigenvalue weighted by Crippen LogP contribution is 2.28. The normalized spacial score (nSPS) is 11.5. The second-order valence-electron chi connectivity index (χ2n) is 5.17. The fourth-order valence-electron chi connectivity index (χ4n) is 1.94. The SMILES string of the molecule is CC(C)CCn1c(SCC(=O)O)nc2cc(Cl)c(F)cc21. The summed E-state index contributed by atoms with van der Waals surface area (Å²) in [4.78, 5) is 15.1. The summed E-state index contributed by atoms with van der Waals surface area (Å²) in [7, 11) is 0. The van der Waals surface area contributed by atoms with E-state index < -0.39 is 11.8 Å². The van der Waals surface area contributed by atoms with Gasteiger partial charge in [0.1, 0.15) is 5.82 Å². The summed E-state index contributed by atoms with van der Waals surface area (Å²) < 4.78 is 15.5. The summed E-state index contributed by atoms with van der Waals surface area (Å²) >= 11 is 6.91. The van der Waals surface area contributed by atoms with E-state index in [0.717, 1.165) is 18.2 Å². The minimum atomic E-state index is -0.910. The van der Waals surface area contributed by atoms with Crippen LogP contribution in [0.4, 0.5) is 4.39 Å². The van der Waals surface area contributed by atoms with E-state index in [-0.39, 0.29) is 10.8 Å². The van der Waals surface area contributed by atoms with E-state index in [1.807, 2.05) is 4.57 Å². The van der Waals surface area contributed by atoms with Crippen molar-refractivity contribution in [2.45, 2.75) is 32.0 Å². The highest BCUT2D eigenvalue weighted by molar-refractivity contribution is 7.99. The average molecular weight is 331 g/mol. The van der Waals surface area contributed by atoms with Gasteiger partial charge in [0, 0.05) is 12.6 Å². The Bertz CT molecular complexity index is 673. The number of fused-ring (bicyclic) bond motifs is 1. The molecule has 114 valence electrons. The van der Waals surface area contributed by atoms with Crippen molar-refractivity contribution in [2.75, 3.05) is 5.75 Å². The van der Waals surface area contributed by atoms with Gasteiger partial charge in [-0.2, -0.15) is 0 Å². The Morgan fingerprint density at radius 3 is 2.86 bits per heavy atom. The molecule has 0 spiro atoms. The van der Waals surface area contributed by atoms with Gasteiger partial charge < -0.3 is 9.67 Å². The third-order valence-corrected chi connectivity index (χ3v) is 4.26. The van der Waals surface area contributed by atoms with Crippen LogP contribution in [0.3, 0.4) is 0 Å². The lowest BCUT2D eigenvalue weighted by molar-refractivity contribution is -0.133. The van der Waals surface area contributed by atoms with E-state index in [2.05, 4.69) is 18.8 Å². The molecule has 0 aliphatic rings. The molecule has 1 N–H and O–H groups in total. The summed E-state index contributed by atoms with van der Waals surface area (Å²) in [5, 5.41) is 9.41. The first-order chi connectivity index (χ1) is 9.88. The monoisotopic (exact) mass is 330 g/mol. The van der Waals surface area contributed by atoms with Gasteiger partial charge in [0.2, 0.25) is 0 Å². The first-order valence-electron chi connectivity index (χ1n) is 6.58. The number of hydrogen-bond acceptors (Lipinski definition) is 3. The number of aromatic nitrogens is 2. The Morgan fingerprint density at radius 1 is 1.52 bits per heavy atom. The lowest BCUT2D eigenvalue weighted by Crippen LogP contribution is -2.05. The second-order valence-corrected chi connectivity index (χ2v) is 6.52. The van der Waals surface area contributed by atoms with E-state index in [4.69, 9.17) is 16.7 Å². The number of carboxylic acid groups (broad SMARTS) is 1. The number of carboxylic acids is 1. The minimum absolute atomic E-state index is 0.0193. The molecule has 21 heavy (non-hydrogen) atoms. The van der Waals surface area contributed by atoms with Crippen LogP contribution in [0.25, 0.3) is 11.0 Å². The van der Waals surface area contributed by atoms with Crippen molar-refractivity contribution in [3.8, 4) is 0 Å². The van der Waals surface area contributed by atoms with Crippen molar-refractivity contribution < 1.29 is 14.3 Å². The first kappa shape index (κ1) is 16.1. The number of rotatable bonds is 6. The zero-order valence-corrected chi connectivity index (χ0v) is 13.3. The Morgan fingerprint density at radius 2 is 2.24 bits per heavy atom. The third-order valence-electron chi connectivity index (χ3n) is 3.01. The molecule has 7 heteroatoms. The smallest absolute Gasteiger partial charge is 0.313 e. The number of imidazole rings is 1. The second kappa shape index (κ2) is 6.66. The molecule has 2 rings (SSSR count). The van der Waals surface area contributed by atoms with E-state index in [1.165, 1.54) is 12.1 Å². The maximum atomic E-state index is 13.7. The molecule has 1 heterocycles. The molecule has 2 aromatic rings. The summed E-state index contributed by atoms with van der Waals surface area (Å²) in [6.07, 6.45) is 0.899. The zero-order valence-electron chi connectivity index (χ0n) is 11.8. The van der Waals surface area contributed by atoms with Gasteiger partial charge in [-0.15, -0.1) is 0 Å². The summed E-state index contributed by atoms with van der Waals surface area (Å²) in [6, 6.07) is 2.83. The Labute approximate surface area is 131 Å². The van der Waals surface area contributed by atoms with Crippen molar-refractivity contribution in [3.05, 3.63) is 23.0 Å². The highest BCUT2D eigenvalue weighted by Gasteiger charge is 2.15. The number of hydrogen-bond donors (Lipinski definition) is 1. The fraction of sp³-hybridized carbons (Fsp3) is 0.429. The van der Waals surface area contributed by atoms with Crippen LogP contribution in [-0.4, -0.2) is 26.4 Å². The number of halogens is 2. The number of thioether (sulfide) groups is 1. The quantitative estimate of drug-likeness (QED) is 0.812. The van der Waals surface area contributed by atoms with Crippen LogP contribution in [0, 0.1) is 11.7 Å². The lowest BCUT2D eigenvalue weighted by Gasteiger charge is -2.10. The van der Waals surface area contributed by atoms with Gasteiger partial charge in [-0.05, 0) is 18.4 Å². The highest BCUT2D eigenvalue weighted by atomic mass is 35.5. The minimum Gasteiger partial charge on any atom is -0.481 e. The van der Waals surface area contributed by atoms with Crippen LogP contribution in [0.2, 0.25) is 5.02 Å². The maximum absolute atomic E-state index is 13.7. The third kappa shape index (κ3) is 3.89. The molecule has 0 saturated heterocycles. The molecular weight excluding hydrogens is 315 g/mol. The van der Waals surface area contributed by atoms with Gasteiger partial charge in [-0.25, -0.2) is 9.37 Å². The van der Waals surface area contributed by atoms with Gasteiger partial charge in [-0.3, -0.25) is 4.79 Å². The summed E-state index contributed by atoms with van der Waals surface area (Å²) in [6.45, 7) is 4.86. The summed E-state index contributed by atoms with van der Waals surface area (Å²) in [5.41, 5.74) is 1.23. The van der Waals surface area contributed by atoms with Gasteiger partial charge in [0.15, 0.2) is 5.16 Å². The Balaban J connectivity index is 2.43. The van der Waals surface area contributed by atoms with E-state index in [1.54, 1.807) is 0 Å². The molecule has 0 atom stereocenters. The van der Waals surface area contributed by atoms with Crippen molar-refractivity contribution >= 4 is 40.4 Å². The zero-order chi connectivity index (χ0) is 15.6. The molecule has 1 aromatic carbocycles. The molecule has 0 unspecified atom stereocenters. The van der Waals surface area contributed by atoms with E-state index in [0.29, 0.717) is 28.7 Å². The number of aryl methyl sites for hydroxylation is 1. The molecular formula is C14H16ClFN2O2S. The van der Waals surface area contributed by atoms with Crippen molar-refractivity contribution in [2.24, 2.45) is 5.92 Å². The molecule has 0 radical (unpaired) electrons. The van der Waals surface area contributed by atoms with Gasteiger partial charge in [0.05, 0.1) is 21.8 Å². The van der Waals surface area contributed by atoms with Crippen LogP contribution in [0.1, 0.15) is 20.3 Å². The van der Waals surface area contributed by atoms with Crippen LogP contribution in [-0.2, 0) is 11.3 Å². The molecule has 0 bridgehead atoms. The van der Waals surface area contributed by atoms with Gasteiger partial charge >= 0.3 is 5.97 Å². The van der Waals surface area contributed by atoms with Gasteiger partial charge in [-0.1, -0.05) is 37.2 Å². The van der Waals surface area contributed by atoms with E-state index in [9.17, 15) is 9.18 Å². The maximum Gasteiger partial charge on any atom is 0.313 e. The summed E-state index contributed by atoms with van der Waals surface area (Å²) in [5.74, 6) is -1.01. The predicted molar refractivity (Wildman–Crippen MR) is 82.5 cm³/mol. The van der Waals surface area contributed by atoms with Crippen LogP contribution in [0.5, 0.6) is 0 Å². The fourth-order valence-corrected chi connectivity index (χ4v) is 2.86. The predicted octanol–water partition coefficient (Wildman–Crippen LogP) is 4.05. The standard InChI is InChI=1S/C14H16ClFN2O2S/c1-8(2)3-4-18-12-6-10(16)9(15)5-11(12)17-14(18)21-7-13(19)20/h5-6,8H,3-4,7H2,1-2H3,(H,19,20). The molecule has 0 aliphatic carbocycles. The van der Waals surface area contributed by atoms with Crippen LogP contribution < -0.4 is 0 Å². The lowest BCUT2D eigenvalue weighted by atomic mass is 10.1. The van der Waals surface area contributed by atoms with Gasteiger partial charge in [0.25, 0.3) is 0 Å². The topological polar surface area (TPSA) is 55.1 Å². The van der Waals surface area contributed by atoms with Crippen molar-refractivity contribution in [1.82, 2.24) is 9.55 Å². The van der Waals surface area contributed by atoms with Crippen molar-refractivity contribution in [3.63, 3.8) is 0 Å². The van der Waals surface area contributed by atoms with Crippen LogP contribution in [0.15, 0.2) is 17.3 Å². The molecule has 0 saturated carbocycles. The van der Waals surface area contributed by atoms with Crippen LogP contribution >= 0.6 is 23.4 Å². The number of carbonyl (C=O) groups is 1.